The molecule has 32 heavy (non-hydrogen) atoms. The van der Waals surface area contributed by atoms with Crippen molar-refractivity contribution >= 4 is 75.5 Å². The molecule has 0 saturated carbocycles. The third kappa shape index (κ3) is 6.04. The van der Waals surface area contributed by atoms with E-state index < -0.39 is 15.9 Å². The maximum atomic E-state index is 12.6. The minimum atomic E-state index is -1.80. The van der Waals surface area contributed by atoms with Gasteiger partial charge in [-0.15, -0.1) is 0 Å². The molecule has 10 heteroatoms. The Kier molecular flexibility index (Phi) is 8.22. The van der Waals surface area contributed by atoms with Crippen molar-refractivity contribution in [3.8, 4) is 0 Å². The lowest BCUT2D eigenvalue weighted by Gasteiger charge is -2.45. The van der Waals surface area contributed by atoms with E-state index in [2.05, 4.69) is 10.3 Å². The highest BCUT2D eigenvalue weighted by Gasteiger charge is 2.42. The maximum Gasteiger partial charge on any atom is 0.245 e. The van der Waals surface area contributed by atoms with E-state index in [1.807, 2.05) is 54.2 Å². The number of para-hydroxylation sites is 2. The zero-order valence-electron chi connectivity index (χ0n) is 17.7. The van der Waals surface area contributed by atoms with E-state index >= 15 is 0 Å². The highest BCUT2D eigenvalue weighted by molar-refractivity contribution is 7.80. The van der Waals surface area contributed by atoms with E-state index in [0.29, 0.717) is 11.7 Å². The second-order valence-corrected chi connectivity index (χ2v) is 10.2. The highest BCUT2D eigenvalue weighted by Crippen LogP contribution is 2.36. The van der Waals surface area contributed by atoms with Crippen molar-refractivity contribution in [2.24, 2.45) is 0 Å². The Bertz CT molecular complexity index is 981. The first-order valence-corrected chi connectivity index (χ1v) is 11.5. The molecule has 0 spiro atoms. The summed E-state index contributed by atoms with van der Waals surface area (Å²) in [5, 5.41) is 3.28. The number of anilines is 2. The summed E-state index contributed by atoms with van der Waals surface area (Å²) in [4.78, 5) is 22.4. The Labute approximate surface area is 208 Å². The summed E-state index contributed by atoms with van der Waals surface area (Å²) in [5.74, 6) is -0.404. The molecule has 6 nitrogen and oxygen atoms in total. The minimum absolute atomic E-state index is 0.404. The van der Waals surface area contributed by atoms with Crippen LogP contribution in [0, 0.1) is 0 Å². The van der Waals surface area contributed by atoms with Crippen LogP contribution in [0.25, 0.3) is 6.08 Å². The van der Waals surface area contributed by atoms with Gasteiger partial charge in [0.1, 0.15) is 0 Å². The molecule has 1 aliphatic heterocycles. The number of hydrogen-bond acceptors (Lipinski definition) is 4. The molecule has 1 aliphatic rings. The van der Waals surface area contributed by atoms with Gasteiger partial charge < -0.3 is 20.0 Å². The maximum absolute atomic E-state index is 12.6. The number of pyridine rings is 1. The Morgan fingerprint density at radius 3 is 2.62 bits per heavy atom. The summed E-state index contributed by atoms with van der Waals surface area (Å²) in [6.07, 6.45) is 6.17. The van der Waals surface area contributed by atoms with Crippen LogP contribution in [0.15, 0.2) is 54.9 Å². The molecular formula is C22H24Cl3N5OS. The van der Waals surface area contributed by atoms with E-state index in [9.17, 15) is 4.79 Å². The van der Waals surface area contributed by atoms with Crippen LogP contribution in [0.4, 0.5) is 11.4 Å². The van der Waals surface area contributed by atoms with E-state index in [0.717, 1.165) is 29.9 Å². The largest absolute Gasteiger partial charge is 0.376 e. The van der Waals surface area contributed by atoms with Gasteiger partial charge in [-0.1, -0.05) is 53.0 Å². The van der Waals surface area contributed by atoms with Crippen LogP contribution in [0.5, 0.6) is 0 Å². The summed E-state index contributed by atoms with van der Waals surface area (Å²) in [5.41, 5.74) is 2.76. The molecule has 0 bridgehead atoms. The third-order valence-corrected chi connectivity index (χ3v) is 6.00. The molecular weight excluding hydrogens is 489 g/mol. The van der Waals surface area contributed by atoms with Crippen LogP contribution in [0.3, 0.4) is 0 Å². The van der Waals surface area contributed by atoms with Gasteiger partial charge in [0.15, 0.2) is 11.3 Å². The molecule has 1 fully saturated rings. The van der Waals surface area contributed by atoms with Gasteiger partial charge in [-0.3, -0.25) is 9.78 Å². The fourth-order valence-electron chi connectivity index (χ4n) is 3.44. The molecule has 1 saturated heterocycles. The van der Waals surface area contributed by atoms with Crippen molar-refractivity contribution in [3.05, 3.63) is 60.4 Å². The van der Waals surface area contributed by atoms with Gasteiger partial charge in [-0.2, -0.15) is 0 Å². The summed E-state index contributed by atoms with van der Waals surface area (Å²) < 4.78 is -1.80. The number of nitrogens with zero attached hydrogens (tertiary/aromatic N) is 4. The average Bonchev–Trinajstić information content (AvgIpc) is 2.76. The molecule has 2 aromatic rings. The fourth-order valence-corrected chi connectivity index (χ4v) is 4.35. The average molecular weight is 513 g/mol. The number of benzene rings is 1. The van der Waals surface area contributed by atoms with Gasteiger partial charge in [-0.25, -0.2) is 0 Å². The van der Waals surface area contributed by atoms with Crippen LogP contribution in [-0.4, -0.2) is 58.0 Å². The lowest BCUT2D eigenvalue weighted by molar-refractivity contribution is -0.117. The quantitative estimate of drug-likeness (QED) is 0.350. The molecule has 0 radical (unpaired) electrons. The molecule has 0 aliphatic carbocycles. The monoisotopic (exact) mass is 511 g/mol. The van der Waals surface area contributed by atoms with Crippen molar-refractivity contribution in [3.63, 3.8) is 0 Å². The topological polar surface area (TPSA) is 51.7 Å². The fraction of sp³-hybridized carbons (Fsp3) is 0.318. The molecule has 1 N–H and O–H groups in total. The minimum Gasteiger partial charge on any atom is -0.376 e. The van der Waals surface area contributed by atoms with Crippen molar-refractivity contribution < 1.29 is 4.79 Å². The van der Waals surface area contributed by atoms with Crippen LogP contribution < -0.4 is 15.1 Å². The summed E-state index contributed by atoms with van der Waals surface area (Å²) in [7, 11) is 3.95. The summed E-state index contributed by atoms with van der Waals surface area (Å²) in [6, 6.07) is 11.6. The van der Waals surface area contributed by atoms with Crippen LogP contribution in [0.1, 0.15) is 12.0 Å². The molecule has 1 aromatic heterocycles. The second-order valence-electron chi connectivity index (χ2n) is 7.44. The van der Waals surface area contributed by atoms with Crippen molar-refractivity contribution in [2.75, 3.05) is 37.0 Å². The zero-order valence-corrected chi connectivity index (χ0v) is 20.8. The Balaban J connectivity index is 1.82. The van der Waals surface area contributed by atoms with Gasteiger partial charge in [0.25, 0.3) is 0 Å². The lowest BCUT2D eigenvalue weighted by Crippen LogP contribution is -2.62. The van der Waals surface area contributed by atoms with E-state index in [1.165, 1.54) is 6.08 Å². The summed E-state index contributed by atoms with van der Waals surface area (Å²) in [6.45, 7) is 1.27. The Morgan fingerprint density at radius 1 is 1.22 bits per heavy atom. The van der Waals surface area contributed by atoms with Crippen molar-refractivity contribution in [2.45, 2.75) is 16.4 Å². The second kappa shape index (κ2) is 10.7. The SMILES string of the molecule is CN(C)c1ccccc1N1CCCN(C(NC(=O)/C=C/c2cccnc2)C(Cl)(Cl)Cl)C1=S. The number of aromatic nitrogens is 1. The van der Waals surface area contributed by atoms with Gasteiger partial charge in [0.05, 0.1) is 11.4 Å². The first-order chi connectivity index (χ1) is 15.2. The predicted octanol–water partition coefficient (Wildman–Crippen LogP) is 4.47. The number of carbonyl (C=O) groups excluding carboxylic acids is 1. The van der Waals surface area contributed by atoms with Gasteiger partial charge >= 0.3 is 0 Å². The molecule has 1 amide bonds. The number of alkyl halides is 3. The standard InChI is InChI=1S/C22H24Cl3N5OS/c1-28(2)17-8-3-4-9-18(17)29-13-6-14-30(21(29)32)20(22(23,24)25)27-19(31)11-10-16-7-5-12-26-15-16/h3-5,7-12,15,20H,6,13-14H2,1-2H3,(H,27,31)/b11-10+. The number of halogens is 3. The number of amides is 1. The zero-order chi connectivity index (χ0) is 23.3. The number of carbonyl (C=O) groups is 1. The first-order valence-electron chi connectivity index (χ1n) is 9.98. The molecule has 1 unspecified atom stereocenters. The number of rotatable bonds is 6. The van der Waals surface area contributed by atoms with Crippen LogP contribution >= 0.6 is 47.0 Å². The third-order valence-electron chi connectivity index (χ3n) is 4.92. The molecule has 1 aromatic carbocycles. The van der Waals surface area contributed by atoms with E-state index in [4.69, 9.17) is 47.0 Å². The molecule has 1 atom stereocenters. The number of hydrogen-bond donors (Lipinski definition) is 1. The van der Waals surface area contributed by atoms with Gasteiger partial charge in [0, 0.05) is 45.7 Å². The van der Waals surface area contributed by atoms with Gasteiger partial charge in [0.2, 0.25) is 9.70 Å². The smallest absolute Gasteiger partial charge is 0.245 e. The van der Waals surface area contributed by atoms with E-state index in [-0.39, 0.29) is 0 Å². The predicted molar refractivity (Wildman–Crippen MR) is 138 cm³/mol. The Morgan fingerprint density at radius 2 is 1.97 bits per heavy atom. The summed E-state index contributed by atoms with van der Waals surface area (Å²) >= 11 is 24.7. The van der Waals surface area contributed by atoms with Crippen molar-refractivity contribution in [1.82, 2.24) is 15.2 Å². The van der Waals surface area contributed by atoms with Gasteiger partial charge in [-0.05, 0) is 48.5 Å². The normalized spacial score (nSPS) is 15.7. The van der Waals surface area contributed by atoms with Crippen LogP contribution in [0.2, 0.25) is 0 Å². The highest BCUT2D eigenvalue weighted by atomic mass is 35.6. The van der Waals surface area contributed by atoms with Crippen LogP contribution in [-0.2, 0) is 4.79 Å². The lowest BCUT2D eigenvalue weighted by atomic mass is 10.2. The number of nitrogens with one attached hydrogen (secondary N) is 1. The Hall–Kier alpha value is -2.06. The van der Waals surface area contributed by atoms with Crippen molar-refractivity contribution in [1.29, 1.82) is 0 Å². The molecule has 2 heterocycles. The molecule has 170 valence electrons. The van der Waals surface area contributed by atoms with E-state index in [1.54, 1.807) is 29.4 Å². The molecule has 3 rings (SSSR count). The number of thiocarbonyl (C=S) groups is 1. The first kappa shape index (κ1) is 24.6.